The number of nitrogens with one attached hydrogen (secondary N) is 1. The number of nitrogens with zero attached hydrogens (tertiary/aromatic N) is 3. The van der Waals surface area contributed by atoms with Gasteiger partial charge >= 0.3 is 0 Å². The highest BCUT2D eigenvalue weighted by molar-refractivity contribution is 6.04. The lowest BCUT2D eigenvalue weighted by molar-refractivity contribution is 0.0177. The lowest BCUT2D eigenvalue weighted by Crippen LogP contribution is -2.43. The third-order valence-electron chi connectivity index (χ3n) is 5.46. The zero-order valence-corrected chi connectivity index (χ0v) is 16.8. The normalized spacial score (nSPS) is 23.6. The average molecular weight is 445 g/mol. The number of amidine groups is 1. The monoisotopic (exact) mass is 445 g/mol. The Kier molecular flexibility index (Phi) is 5.48. The zero-order valence-electron chi connectivity index (χ0n) is 16.8. The Hall–Kier alpha value is -3.65. The fourth-order valence-electron chi connectivity index (χ4n) is 3.94. The minimum atomic E-state index is -3.05. The summed E-state index contributed by atoms with van der Waals surface area (Å²) < 4.78 is 53.4. The quantitative estimate of drug-likeness (QED) is 0.705. The molecule has 0 saturated heterocycles. The minimum absolute atomic E-state index is 0.0177. The highest BCUT2D eigenvalue weighted by Gasteiger charge is 2.64. The number of hydrogen-bond acceptors (Lipinski definition) is 7. The average Bonchev–Trinajstić information content (AvgIpc) is 3.54. The Morgan fingerprint density at radius 2 is 2.25 bits per heavy atom. The fourth-order valence-corrected chi connectivity index (χ4v) is 3.94. The van der Waals surface area contributed by atoms with Crippen LogP contribution in [0.3, 0.4) is 0 Å². The number of rotatable bonds is 6. The summed E-state index contributed by atoms with van der Waals surface area (Å²) in [5.41, 5.74) is 3.64. The molecular weight excluding hydrogens is 427 g/mol. The van der Waals surface area contributed by atoms with Crippen molar-refractivity contribution >= 4 is 17.6 Å². The first kappa shape index (κ1) is 21.6. The third-order valence-corrected chi connectivity index (χ3v) is 5.46. The van der Waals surface area contributed by atoms with Crippen LogP contribution in [0.15, 0.2) is 35.5 Å². The molecule has 3 atom stereocenters. The Balaban J connectivity index is 1.69. The van der Waals surface area contributed by atoms with Crippen molar-refractivity contribution in [3.8, 4) is 6.07 Å². The van der Waals surface area contributed by atoms with Crippen molar-refractivity contribution in [3.63, 3.8) is 0 Å². The number of ether oxygens (including phenoxy) is 2. The maximum Gasteiger partial charge on any atom is 0.283 e. The molecule has 8 nitrogen and oxygen atoms in total. The number of anilines is 1. The Bertz CT molecular complexity index is 1150. The Morgan fingerprint density at radius 1 is 1.47 bits per heavy atom. The third kappa shape index (κ3) is 3.62. The number of alkyl halides is 2. The van der Waals surface area contributed by atoms with E-state index in [4.69, 9.17) is 20.5 Å². The highest BCUT2D eigenvalue weighted by Crippen LogP contribution is 2.56. The molecule has 166 valence electrons. The molecule has 1 unspecified atom stereocenters. The summed E-state index contributed by atoms with van der Waals surface area (Å²) in [5.74, 6) is -2.31. The van der Waals surface area contributed by atoms with Crippen molar-refractivity contribution in [1.29, 1.82) is 5.26 Å². The highest BCUT2D eigenvalue weighted by atomic mass is 19.3. The first-order valence-corrected chi connectivity index (χ1v) is 9.59. The molecule has 2 aromatic rings. The number of fused-ring (bicyclic) bond motifs is 1. The van der Waals surface area contributed by atoms with E-state index < -0.39 is 41.7 Å². The van der Waals surface area contributed by atoms with Crippen LogP contribution in [-0.4, -0.2) is 36.6 Å². The number of halogens is 3. The second-order valence-electron chi connectivity index (χ2n) is 7.50. The molecule has 1 amide bonds. The summed E-state index contributed by atoms with van der Waals surface area (Å²) in [6, 6.07) is 6.30. The minimum Gasteiger partial charge on any atom is -0.462 e. The number of benzene rings is 1. The molecule has 1 aromatic carbocycles. The van der Waals surface area contributed by atoms with Crippen molar-refractivity contribution < 1.29 is 27.4 Å². The van der Waals surface area contributed by atoms with E-state index in [-0.39, 0.29) is 35.5 Å². The second-order valence-corrected chi connectivity index (χ2v) is 7.50. The molecule has 1 aliphatic carbocycles. The number of methoxy groups -OCH3 is 1. The van der Waals surface area contributed by atoms with E-state index in [2.05, 4.69) is 15.3 Å². The molecule has 3 N–H and O–H groups in total. The summed E-state index contributed by atoms with van der Waals surface area (Å²) in [6.07, 6.45) is -2.12. The number of nitriles is 1. The molecule has 4 rings (SSSR count). The van der Waals surface area contributed by atoms with Gasteiger partial charge in [0.25, 0.3) is 18.4 Å². The van der Waals surface area contributed by atoms with E-state index >= 15 is 0 Å². The number of aromatic nitrogens is 1. The van der Waals surface area contributed by atoms with Crippen LogP contribution >= 0.6 is 0 Å². The van der Waals surface area contributed by atoms with Crippen LogP contribution in [0.5, 0.6) is 0 Å². The summed E-state index contributed by atoms with van der Waals surface area (Å²) in [6.45, 7) is 0.0193. The molecule has 32 heavy (non-hydrogen) atoms. The lowest BCUT2D eigenvalue weighted by atomic mass is 9.84. The number of aliphatic imine (C=N–C) groups is 1. The van der Waals surface area contributed by atoms with Crippen LogP contribution < -0.4 is 11.1 Å². The van der Waals surface area contributed by atoms with E-state index in [1.165, 1.54) is 25.4 Å². The van der Waals surface area contributed by atoms with Crippen LogP contribution in [0.2, 0.25) is 0 Å². The number of pyridine rings is 1. The smallest absolute Gasteiger partial charge is 0.283 e. The molecule has 0 spiro atoms. The van der Waals surface area contributed by atoms with Crippen LogP contribution in [0, 0.1) is 23.1 Å². The summed E-state index contributed by atoms with van der Waals surface area (Å²) in [7, 11) is 1.42. The summed E-state index contributed by atoms with van der Waals surface area (Å²) in [4.78, 5) is 20.6. The number of carbonyl (C=O) groups excluding carboxylic acids is 1. The van der Waals surface area contributed by atoms with Gasteiger partial charge in [-0.2, -0.15) is 5.26 Å². The van der Waals surface area contributed by atoms with Gasteiger partial charge in [-0.3, -0.25) is 4.79 Å². The number of amides is 1. The van der Waals surface area contributed by atoms with Gasteiger partial charge in [-0.25, -0.2) is 23.1 Å². The standard InChI is InChI=1S/C21H18F3N5O3/c1-31-9-11-4-10(7-25)8-27-17(11)18(30)28-12-2-3-15(22)13(5-12)21(19(23)24)14-6-16(14)32-20(26)29-21/h2-5,8,14,16,19H,6,9H2,1H3,(H2,26,29)(H,28,30)/t14?,16-,21-/m1/s1. The van der Waals surface area contributed by atoms with Gasteiger partial charge in [0.2, 0.25) is 0 Å². The van der Waals surface area contributed by atoms with Crippen LogP contribution in [-0.2, 0) is 21.6 Å². The van der Waals surface area contributed by atoms with Gasteiger partial charge in [-0.15, -0.1) is 0 Å². The lowest BCUT2D eigenvalue weighted by Gasteiger charge is -2.33. The van der Waals surface area contributed by atoms with Gasteiger partial charge in [0.1, 0.15) is 23.7 Å². The van der Waals surface area contributed by atoms with E-state index in [1.807, 2.05) is 6.07 Å². The molecule has 1 saturated carbocycles. The first-order chi connectivity index (χ1) is 15.3. The molecular formula is C21H18F3N5O3. The first-order valence-electron chi connectivity index (χ1n) is 9.59. The van der Waals surface area contributed by atoms with Gasteiger partial charge in [0.05, 0.1) is 12.2 Å². The SMILES string of the molecule is COCc1cc(C#N)cnc1C(=O)Nc1ccc(F)c([C@@]2(C(F)F)N=C(N)O[C@@H]3CC32)c1. The largest absolute Gasteiger partial charge is 0.462 e. The molecule has 2 aliphatic rings. The van der Waals surface area contributed by atoms with Gasteiger partial charge in [-0.1, -0.05) is 0 Å². The molecule has 0 bridgehead atoms. The number of carbonyl (C=O) groups is 1. The van der Waals surface area contributed by atoms with Crippen molar-refractivity contribution in [2.75, 3.05) is 12.4 Å². The molecule has 1 fully saturated rings. The van der Waals surface area contributed by atoms with Crippen molar-refractivity contribution in [2.24, 2.45) is 16.6 Å². The number of nitrogens with two attached hydrogens (primary N) is 1. The zero-order chi connectivity index (χ0) is 23.0. The van der Waals surface area contributed by atoms with Gasteiger partial charge in [0.15, 0.2) is 5.54 Å². The molecule has 1 aliphatic heterocycles. The van der Waals surface area contributed by atoms with E-state index in [9.17, 15) is 18.0 Å². The Labute approximate surface area is 180 Å². The molecule has 11 heteroatoms. The van der Waals surface area contributed by atoms with Crippen molar-refractivity contribution in [2.45, 2.75) is 31.1 Å². The molecule has 0 radical (unpaired) electrons. The fraction of sp³-hybridized carbons (Fsp3) is 0.333. The van der Waals surface area contributed by atoms with Gasteiger partial charge in [0, 0.05) is 36.0 Å². The van der Waals surface area contributed by atoms with Crippen molar-refractivity contribution in [3.05, 3.63) is 58.7 Å². The van der Waals surface area contributed by atoms with Crippen molar-refractivity contribution in [1.82, 2.24) is 4.98 Å². The van der Waals surface area contributed by atoms with Gasteiger partial charge in [-0.05, 0) is 30.7 Å². The van der Waals surface area contributed by atoms with Crippen LogP contribution in [0.4, 0.5) is 18.9 Å². The van der Waals surface area contributed by atoms with Crippen LogP contribution in [0.1, 0.15) is 33.6 Å². The molecule has 2 heterocycles. The topological polar surface area (TPSA) is 123 Å². The second kappa shape index (κ2) is 8.12. The van der Waals surface area contributed by atoms with Gasteiger partial charge < -0.3 is 20.5 Å². The summed E-state index contributed by atoms with van der Waals surface area (Å²) >= 11 is 0. The van der Waals surface area contributed by atoms with E-state index in [0.717, 1.165) is 12.1 Å². The van der Waals surface area contributed by atoms with Crippen LogP contribution in [0.25, 0.3) is 0 Å². The van der Waals surface area contributed by atoms with E-state index in [0.29, 0.717) is 5.56 Å². The maximum absolute atomic E-state index is 14.7. The maximum atomic E-state index is 14.7. The Morgan fingerprint density at radius 3 is 2.94 bits per heavy atom. The predicted molar refractivity (Wildman–Crippen MR) is 106 cm³/mol. The predicted octanol–water partition coefficient (Wildman–Crippen LogP) is 2.68. The number of hydrogen-bond donors (Lipinski definition) is 2. The van der Waals surface area contributed by atoms with E-state index in [1.54, 1.807) is 0 Å². The molecule has 1 aromatic heterocycles. The summed E-state index contributed by atoms with van der Waals surface area (Å²) in [5, 5.41) is 11.6.